The highest BCUT2D eigenvalue weighted by atomic mass is 16.1. The standard InChI is InChI=1S/C19H17NO/c1-13-11-17(21)19-18(13)15-9-5-6-10-16(15)20(19)12-14-7-3-2-4-8-14/h2-10,13H,11-12H2,1H3. The molecule has 2 nitrogen and oxygen atoms in total. The van der Waals surface area contributed by atoms with Crippen LogP contribution >= 0.6 is 0 Å². The maximum absolute atomic E-state index is 12.4. The van der Waals surface area contributed by atoms with E-state index in [9.17, 15) is 4.79 Å². The van der Waals surface area contributed by atoms with E-state index in [4.69, 9.17) is 0 Å². The minimum atomic E-state index is 0.282. The fraction of sp³-hybridized carbons (Fsp3) is 0.211. The van der Waals surface area contributed by atoms with E-state index in [1.54, 1.807) is 0 Å². The molecule has 0 radical (unpaired) electrons. The van der Waals surface area contributed by atoms with E-state index < -0.39 is 0 Å². The first kappa shape index (κ1) is 12.4. The molecule has 0 saturated heterocycles. The van der Waals surface area contributed by atoms with Crippen molar-refractivity contribution >= 4 is 16.7 Å². The van der Waals surface area contributed by atoms with Gasteiger partial charge in [0, 0.05) is 23.9 Å². The number of carbonyl (C=O) groups excluding carboxylic acids is 1. The molecule has 0 N–H and O–H groups in total. The molecule has 1 heterocycles. The minimum absolute atomic E-state index is 0.282. The second-order valence-electron chi connectivity index (χ2n) is 5.88. The molecule has 0 fully saturated rings. The van der Waals surface area contributed by atoms with Gasteiger partial charge in [0.05, 0.1) is 5.69 Å². The smallest absolute Gasteiger partial charge is 0.180 e. The summed E-state index contributed by atoms with van der Waals surface area (Å²) in [6.07, 6.45) is 0.643. The van der Waals surface area contributed by atoms with Crippen LogP contribution in [0.25, 0.3) is 10.9 Å². The van der Waals surface area contributed by atoms with Crippen LogP contribution in [0.15, 0.2) is 54.6 Å². The van der Waals surface area contributed by atoms with Gasteiger partial charge in [0.15, 0.2) is 5.78 Å². The number of fused-ring (bicyclic) bond motifs is 3. The molecule has 0 bridgehead atoms. The Labute approximate surface area is 124 Å². The highest BCUT2D eigenvalue weighted by Crippen LogP contribution is 2.40. The zero-order valence-corrected chi connectivity index (χ0v) is 12.0. The summed E-state index contributed by atoms with van der Waals surface area (Å²) in [6, 6.07) is 18.7. The summed E-state index contributed by atoms with van der Waals surface area (Å²) < 4.78 is 2.20. The van der Waals surface area contributed by atoms with Crippen LogP contribution in [0.2, 0.25) is 0 Å². The van der Waals surface area contributed by atoms with Gasteiger partial charge in [0.25, 0.3) is 0 Å². The zero-order valence-electron chi connectivity index (χ0n) is 12.0. The zero-order chi connectivity index (χ0) is 14.4. The molecule has 1 aromatic heterocycles. The van der Waals surface area contributed by atoms with Crippen LogP contribution in [-0.2, 0) is 6.54 Å². The summed E-state index contributed by atoms with van der Waals surface area (Å²) in [4.78, 5) is 12.4. The molecule has 21 heavy (non-hydrogen) atoms. The number of rotatable bonds is 2. The Morgan fingerprint density at radius 1 is 1.05 bits per heavy atom. The van der Waals surface area contributed by atoms with E-state index in [-0.39, 0.29) is 5.78 Å². The number of para-hydroxylation sites is 1. The van der Waals surface area contributed by atoms with Crippen molar-refractivity contribution < 1.29 is 4.79 Å². The number of nitrogens with zero attached hydrogens (tertiary/aromatic N) is 1. The quantitative estimate of drug-likeness (QED) is 0.680. The minimum Gasteiger partial charge on any atom is -0.333 e. The monoisotopic (exact) mass is 275 g/mol. The summed E-state index contributed by atoms with van der Waals surface area (Å²) in [5.74, 6) is 0.610. The lowest BCUT2D eigenvalue weighted by Crippen LogP contribution is -2.07. The van der Waals surface area contributed by atoms with E-state index in [0.29, 0.717) is 12.3 Å². The summed E-state index contributed by atoms with van der Waals surface area (Å²) in [7, 11) is 0. The van der Waals surface area contributed by atoms with Crippen molar-refractivity contribution in [3.63, 3.8) is 0 Å². The Morgan fingerprint density at radius 3 is 2.57 bits per heavy atom. The highest BCUT2D eigenvalue weighted by Gasteiger charge is 2.32. The van der Waals surface area contributed by atoms with Gasteiger partial charge in [-0.05, 0) is 23.1 Å². The Morgan fingerprint density at radius 2 is 1.76 bits per heavy atom. The first-order chi connectivity index (χ1) is 10.3. The molecule has 0 spiro atoms. The number of benzene rings is 2. The van der Waals surface area contributed by atoms with Crippen molar-refractivity contribution in [3.8, 4) is 0 Å². The van der Waals surface area contributed by atoms with Crippen LogP contribution in [0.4, 0.5) is 0 Å². The molecule has 1 aliphatic carbocycles. The third-order valence-corrected chi connectivity index (χ3v) is 4.44. The first-order valence-electron chi connectivity index (χ1n) is 7.44. The van der Waals surface area contributed by atoms with Gasteiger partial charge < -0.3 is 4.57 Å². The van der Waals surface area contributed by atoms with E-state index >= 15 is 0 Å². The number of hydrogen-bond donors (Lipinski definition) is 0. The van der Waals surface area contributed by atoms with Crippen LogP contribution in [0, 0.1) is 0 Å². The van der Waals surface area contributed by atoms with Gasteiger partial charge in [0.2, 0.25) is 0 Å². The van der Waals surface area contributed by atoms with Crippen molar-refractivity contribution in [3.05, 3.63) is 71.4 Å². The second-order valence-corrected chi connectivity index (χ2v) is 5.88. The third kappa shape index (κ3) is 1.83. The fourth-order valence-corrected chi connectivity index (χ4v) is 3.54. The lowest BCUT2D eigenvalue weighted by molar-refractivity contribution is 0.0983. The fourth-order valence-electron chi connectivity index (χ4n) is 3.54. The maximum atomic E-state index is 12.4. The number of ketones is 1. The molecule has 3 aromatic rings. The largest absolute Gasteiger partial charge is 0.333 e. The molecule has 0 saturated carbocycles. The normalized spacial score (nSPS) is 17.4. The van der Waals surface area contributed by atoms with Crippen molar-refractivity contribution in [2.24, 2.45) is 0 Å². The molecule has 2 heteroatoms. The van der Waals surface area contributed by atoms with Gasteiger partial charge in [-0.25, -0.2) is 0 Å². The predicted molar refractivity (Wildman–Crippen MR) is 84.8 cm³/mol. The molecule has 1 aliphatic rings. The summed E-state index contributed by atoms with van der Waals surface area (Å²) in [5.41, 5.74) is 4.57. The number of hydrogen-bond acceptors (Lipinski definition) is 1. The van der Waals surface area contributed by atoms with Crippen molar-refractivity contribution in [1.82, 2.24) is 4.57 Å². The molecular weight excluding hydrogens is 258 g/mol. The molecule has 0 amide bonds. The molecule has 1 unspecified atom stereocenters. The van der Waals surface area contributed by atoms with Crippen molar-refractivity contribution in [2.45, 2.75) is 25.8 Å². The molecule has 1 atom stereocenters. The summed E-state index contributed by atoms with van der Waals surface area (Å²) in [6.45, 7) is 2.91. The Balaban J connectivity index is 1.96. The average Bonchev–Trinajstić information content (AvgIpc) is 2.98. The van der Waals surface area contributed by atoms with Crippen molar-refractivity contribution in [2.75, 3.05) is 0 Å². The predicted octanol–water partition coefficient (Wildman–Crippen LogP) is 4.38. The molecule has 0 aliphatic heterocycles. The molecule has 104 valence electrons. The van der Waals surface area contributed by atoms with Gasteiger partial charge in [-0.3, -0.25) is 4.79 Å². The maximum Gasteiger partial charge on any atom is 0.180 e. The number of aromatic nitrogens is 1. The number of carbonyl (C=O) groups is 1. The van der Waals surface area contributed by atoms with E-state index in [0.717, 1.165) is 12.2 Å². The van der Waals surface area contributed by atoms with Gasteiger partial charge in [-0.15, -0.1) is 0 Å². The topological polar surface area (TPSA) is 22.0 Å². The Bertz CT molecular complexity index is 829. The lowest BCUT2D eigenvalue weighted by Gasteiger charge is -2.09. The van der Waals surface area contributed by atoms with Crippen LogP contribution in [-0.4, -0.2) is 10.4 Å². The second kappa shape index (κ2) is 4.59. The Kier molecular flexibility index (Phi) is 2.71. The van der Waals surface area contributed by atoms with Crippen molar-refractivity contribution in [1.29, 1.82) is 0 Å². The van der Waals surface area contributed by atoms with Crippen LogP contribution < -0.4 is 0 Å². The summed E-state index contributed by atoms with van der Waals surface area (Å²) >= 11 is 0. The third-order valence-electron chi connectivity index (χ3n) is 4.44. The number of Topliss-reactive ketones (excluding diaryl/α,β-unsaturated/α-hetero) is 1. The van der Waals surface area contributed by atoms with Gasteiger partial charge >= 0.3 is 0 Å². The van der Waals surface area contributed by atoms with Crippen LogP contribution in [0.3, 0.4) is 0 Å². The average molecular weight is 275 g/mol. The first-order valence-corrected chi connectivity index (χ1v) is 7.44. The highest BCUT2D eigenvalue weighted by molar-refractivity contribution is 6.07. The van der Waals surface area contributed by atoms with E-state index in [2.05, 4.69) is 41.8 Å². The molecular formula is C19H17NO. The molecule has 4 rings (SSSR count). The Hall–Kier alpha value is -2.35. The van der Waals surface area contributed by atoms with Gasteiger partial charge in [-0.1, -0.05) is 55.5 Å². The van der Waals surface area contributed by atoms with Gasteiger partial charge in [-0.2, -0.15) is 0 Å². The van der Waals surface area contributed by atoms with E-state index in [1.807, 2.05) is 24.3 Å². The lowest BCUT2D eigenvalue weighted by atomic mass is 10.0. The van der Waals surface area contributed by atoms with Crippen LogP contribution in [0.5, 0.6) is 0 Å². The van der Waals surface area contributed by atoms with Crippen LogP contribution in [0.1, 0.15) is 40.9 Å². The SMILES string of the molecule is CC1CC(=O)c2c1c1ccccc1n2Cc1ccccc1. The summed E-state index contributed by atoms with van der Waals surface area (Å²) in [5, 5.41) is 1.24. The van der Waals surface area contributed by atoms with E-state index in [1.165, 1.54) is 22.0 Å². The van der Waals surface area contributed by atoms with Gasteiger partial charge in [0.1, 0.15) is 0 Å². The molecule has 2 aromatic carbocycles.